The van der Waals surface area contributed by atoms with E-state index in [-0.39, 0.29) is 0 Å². The van der Waals surface area contributed by atoms with Crippen LogP contribution in [0.4, 0.5) is 10.5 Å². The zero-order valence-electron chi connectivity index (χ0n) is 8.57. The molecule has 1 aromatic carbocycles. The van der Waals surface area contributed by atoms with Crippen LogP contribution in [0.2, 0.25) is 5.02 Å². The van der Waals surface area contributed by atoms with Crippen molar-refractivity contribution in [3.8, 4) is 0 Å². The molecule has 0 heterocycles. The minimum atomic E-state index is -0.514. The first-order valence-corrected chi connectivity index (χ1v) is 4.65. The van der Waals surface area contributed by atoms with Gasteiger partial charge in [0, 0.05) is 12.1 Å². The van der Waals surface area contributed by atoms with E-state index in [0.717, 1.165) is 15.6 Å². The van der Waals surface area contributed by atoms with Crippen molar-refractivity contribution in [2.24, 2.45) is 11.7 Å². The molecule has 82 valence electrons. The molecule has 1 rings (SSSR count). The van der Waals surface area contributed by atoms with Gasteiger partial charge in [0.1, 0.15) is 0 Å². The second-order valence-corrected chi connectivity index (χ2v) is 3.55. The molecule has 0 saturated heterocycles. The summed E-state index contributed by atoms with van der Waals surface area (Å²) in [6, 6.07) is 4.63. The molecule has 0 fully saturated rings. The van der Waals surface area contributed by atoms with E-state index in [2.05, 4.69) is 0 Å². The predicted octanol–water partition coefficient (Wildman–Crippen LogP) is 1.25. The normalized spacial score (nSPS) is 9.93. The van der Waals surface area contributed by atoms with Crippen molar-refractivity contribution in [2.45, 2.75) is 6.92 Å². The number of carbonyl (C=O) groups is 1. The maximum Gasteiger partial charge on any atom is 0.352 e. The van der Waals surface area contributed by atoms with Crippen LogP contribution in [0.25, 0.3) is 0 Å². The number of amides is 2. The van der Waals surface area contributed by atoms with Gasteiger partial charge in [-0.15, -0.1) is 0 Å². The number of halogens is 1. The summed E-state index contributed by atoms with van der Waals surface area (Å²) < 4.78 is 0. The standard InChI is InChI=1S/C9H13ClN4O/c1-6-7(10)4-3-5-8(6)14(12)9(15)13(2)11/h3-5H,11-12H2,1-2H3. The highest BCUT2D eigenvalue weighted by Crippen LogP contribution is 2.25. The van der Waals surface area contributed by atoms with E-state index in [1.807, 2.05) is 0 Å². The lowest BCUT2D eigenvalue weighted by Gasteiger charge is -2.22. The van der Waals surface area contributed by atoms with Gasteiger partial charge in [-0.1, -0.05) is 17.7 Å². The first-order chi connectivity index (χ1) is 6.95. The molecule has 0 aromatic heterocycles. The predicted molar refractivity (Wildman–Crippen MR) is 60.2 cm³/mol. The van der Waals surface area contributed by atoms with Crippen LogP contribution in [0, 0.1) is 6.92 Å². The van der Waals surface area contributed by atoms with Gasteiger partial charge in [-0.25, -0.2) is 21.5 Å². The van der Waals surface area contributed by atoms with Crippen molar-refractivity contribution in [2.75, 3.05) is 12.1 Å². The Labute approximate surface area is 93.1 Å². The molecule has 1 aromatic rings. The Hall–Kier alpha value is -1.30. The van der Waals surface area contributed by atoms with Crippen molar-refractivity contribution in [3.05, 3.63) is 28.8 Å². The molecular weight excluding hydrogens is 216 g/mol. The van der Waals surface area contributed by atoms with E-state index >= 15 is 0 Å². The molecule has 0 unspecified atom stereocenters. The zero-order valence-corrected chi connectivity index (χ0v) is 9.32. The van der Waals surface area contributed by atoms with Crippen molar-refractivity contribution in [1.82, 2.24) is 5.01 Å². The number of anilines is 1. The summed E-state index contributed by atoms with van der Waals surface area (Å²) in [5.74, 6) is 10.9. The number of hydrogen-bond acceptors (Lipinski definition) is 3. The fourth-order valence-corrected chi connectivity index (χ4v) is 1.30. The summed E-state index contributed by atoms with van der Waals surface area (Å²) in [6.45, 7) is 1.78. The lowest BCUT2D eigenvalue weighted by atomic mass is 10.2. The Bertz CT molecular complexity index is 380. The fourth-order valence-electron chi connectivity index (χ4n) is 1.13. The number of urea groups is 1. The van der Waals surface area contributed by atoms with Gasteiger partial charge in [-0.3, -0.25) is 5.01 Å². The third kappa shape index (κ3) is 2.38. The maximum atomic E-state index is 11.5. The highest BCUT2D eigenvalue weighted by Gasteiger charge is 2.16. The van der Waals surface area contributed by atoms with Crippen molar-refractivity contribution in [3.63, 3.8) is 0 Å². The maximum absolute atomic E-state index is 11.5. The number of rotatable bonds is 1. The topological polar surface area (TPSA) is 75.6 Å². The second-order valence-electron chi connectivity index (χ2n) is 3.15. The lowest BCUT2D eigenvalue weighted by molar-refractivity contribution is 0.216. The zero-order chi connectivity index (χ0) is 11.6. The summed E-state index contributed by atoms with van der Waals surface area (Å²) in [5.41, 5.74) is 1.27. The van der Waals surface area contributed by atoms with Gasteiger partial charge in [0.2, 0.25) is 0 Å². The molecule has 0 saturated carbocycles. The molecule has 0 atom stereocenters. The van der Waals surface area contributed by atoms with Gasteiger partial charge in [-0.2, -0.15) is 0 Å². The molecule has 15 heavy (non-hydrogen) atoms. The minimum Gasteiger partial charge on any atom is -0.264 e. The van der Waals surface area contributed by atoms with E-state index in [0.29, 0.717) is 10.7 Å². The Morgan fingerprint density at radius 3 is 2.53 bits per heavy atom. The quantitative estimate of drug-likeness (QED) is 0.432. The highest BCUT2D eigenvalue weighted by molar-refractivity contribution is 6.31. The monoisotopic (exact) mass is 228 g/mol. The Balaban J connectivity index is 3.06. The largest absolute Gasteiger partial charge is 0.352 e. The SMILES string of the molecule is Cc1c(Cl)cccc1N(N)C(=O)N(C)N. The molecule has 5 nitrogen and oxygen atoms in total. The van der Waals surface area contributed by atoms with Crippen LogP contribution in [-0.4, -0.2) is 18.1 Å². The van der Waals surface area contributed by atoms with E-state index < -0.39 is 6.03 Å². The number of carbonyl (C=O) groups excluding carboxylic acids is 1. The molecule has 0 bridgehead atoms. The van der Waals surface area contributed by atoms with E-state index in [9.17, 15) is 4.79 Å². The smallest absolute Gasteiger partial charge is 0.264 e. The molecule has 0 aliphatic rings. The summed E-state index contributed by atoms with van der Waals surface area (Å²) in [5, 5.41) is 2.41. The van der Waals surface area contributed by atoms with Gasteiger partial charge >= 0.3 is 6.03 Å². The second kappa shape index (κ2) is 4.48. The lowest BCUT2D eigenvalue weighted by Crippen LogP contribution is -2.48. The number of hydrazine groups is 2. The van der Waals surface area contributed by atoms with Crippen LogP contribution < -0.4 is 16.7 Å². The molecule has 0 aliphatic carbocycles. The average molecular weight is 229 g/mol. The fraction of sp³-hybridized carbons (Fsp3) is 0.222. The summed E-state index contributed by atoms with van der Waals surface area (Å²) in [6.07, 6.45) is 0. The average Bonchev–Trinajstić information content (AvgIpc) is 2.20. The first-order valence-electron chi connectivity index (χ1n) is 4.27. The van der Waals surface area contributed by atoms with Crippen molar-refractivity contribution in [1.29, 1.82) is 0 Å². The van der Waals surface area contributed by atoms with Gasteiger partial charge in [0.05, 0.1) is 5.69 Å². The van der Waals surface area contributed by atoms with Gasteiger partial charge in [0.25, 0.3) is 0 Å². The number of benzene rings is 1. The first kappa shape index (κ1) is 11.8. The van der Waals surface area contributed by atoms with Crippen LogP contribution >= 0.6 is 11.6 Å². The van der Waals surface area contributed by atoms with Crippen molar-refractivity contribution >= 4 is 23.3 Å². The molecule has 4 N–H and O–H groups in total. The van der Waals surface area contributed by atoms with Crippen LogP contribution in [0.1, 0.15) is 5.56 Å². The molecular formula is C9H13ClN4O. The van der Waals surface area contributed by atoms with Crippen LogP contribution in [0.5, 0.6) is 0 Å². The third-order valence-electron chi connectivity index (χ3n) is 2.01. The third-order valence-corrected chi connectivity index (χ3v) is 2.42. The van der Waals surface area contributed by atoms with Gasteiger partial charge in [-0.05, 0) is 24.6 Å². The van der Waals surface area contributed by atoms with Crippen LogP contribution in [0.15, 0.2) is 18.2 Å². The molecule has 2 amide bonds. The van der Waals surface area contributed by atoms with Crippen molar-refractivity contribution < 1.29 is 4.79 Å². The molecule has 0 spiro atoms. The molecule has 0 radical (unpaired) electrons. The van der Waals surface area contributed by atoms with Gasteiger partial charge < -0.3 is 0 Å². The number of nitrogens with zero attached hydrogens (tertiary/aromatic N) is 2. The molecule has 0 aliphatic heterocycles. The highest BCUT2D eigenvalue weighted by atomic mass is 35.5. The molecule has 6 heteroatoms. The van der Waals surface area contributed by atoms with E-state index in [4.69, 9.17) is 23.3 Å². The summed E-state index contributed by atoms with van der Waals surface area (Å²) in [4.78, 5) is 11.5. The van der Waals surface area contributed by atoms with Crippen LogP contribution in [-0.2, 0) is 0 Å². The summed E-state index contributed by atoms with van der Waals surface area (Å²) in [7, 11) is 1.42. The minimum absolute atomic E-state index is 0.514. The number of hydrogen-bond donors (Lipinski definition) is 2. The van der Waals surface area contributed by atoms with Gasteiger partial charge in [0.15, 0.2) is 0 Å². The Morgan fingerprint density at radius 2 is 2.00 bits per heavy atom. The summed E-state index contributed by atoms with van der Waals surface area (Å²) >= 11 is 5.90. The Morgan fingerprint density at radius 1 is 1.40 bits per heavy atom. The Kier molecular flexibility index (Phi) is 3.52. The van der Waals surface area contributed by atoms with E-state index in [1.165, 1.54) is 7.05 Å². The number of nitrogens with two attached hydrogens (primary N) is 2. The van der Waals surface area contributed by atoms with E-state index in [1.54, 1.807) is 25.1 Å². The van der Waals surface area contributed by atoms with Crippen LogP contribution in [0.3, 0.4) is 0 Å².